The lowest BCUT2D eigenvalue weighted by Crippen LogP contribution is -2.38. The highest BCUT2D eigenvalue weighted by Gasteiger charge is 2.38. The van der Waals surface area contributed by atoms with Crippen LogP contribution in [0.4, 0.5) is 0 Å². The second kappa shape index (κ2) is 6.53. The van der Waals surface area contributed by atoms with Crippen molar-refractivity contribution in [1.29, 1.82) is 0 Å². The molecule has 4 rings (SSSR count). The van der Waals surface area contributed by atoms with E-state index in [9.17, 15) is 0 Å². The zero-order valence-corrected chi connectivity index (χ0v) is 13.7. The topological polar surface area (TPSA) is 28.2 Å². The summed E-state index contributed by atoms with van der Waals surface area (Å²) >= 11 is 0. The lowest BCUT2D eigenvalue weighted by atomic mass is 9.78. The Hall–Kier alpha value is -1.16. The molecule has 3 heterocycles. The van der Waals surface area contributed by atoms with Crippen molar-refractivity contribution in [3.8, 4) is 0 Å². The number of nitrogens with zero attached hydrogens (tertiary/aromatic N) is 2. The van der Waals surface area contributed by atoms with Gasteiger partial charge in [0.25, 0.3) is 0 Å². The zero-order chi connectivity index (χ0) is 14.1. The zero-order valence-electron chi connectivity index (χ0n) is 12.9. The summed E-state index contributed by atoms with van der Waals surface area (Å²) in [6, 6.07) is 10.9. The van der Waals surface area contributed by atoms with Gasteiger partial charge in [-0.05, 0) is 68.1 Å². The van der Waals surface area contributed by atoms with Crippen LogP contribution >= 0.6 is 12.4 Å². The molecule has 2 saturated heterocycles. The number of halogens is 1. The second-order valence-corrected chi connectivity index (χ2v) is 6.74. The molecule has 2 fully saturated rings. The van der Waals surface area contributed by atoms with Gasteiger partial charge in [-0.3, -0.25) is 9.88 Å². The Morgan fingerprint density at radius 1 is 1.14 bits per heavy atom. The summed E-state index contributed by atoms with van der Waals surface area (Å²) in [4.78, 5) is 7.04. The highest BCUT2D eigenvalue weighted by atomic mass is 35.5. The number of benzene rings is 1. The monoisotopic (exact) mass is 317 g/mol. The van der Waals surface area contributed by atoms with Crippen molar-refractivity contribution in [1.82, 2.24) is 15.2 Å². The third-order valence-electron chi connectivity index (χ3n) is 5.26. The second-order valence-electron chi connectivity index (χ2n) is 6.74. The quantitative estimate of drug-likeness (QED) is 0.921. The highest BCUT2D eigenvalue weighted by Crippen LogP contribution is 2.39. The molecule has 3 nitrogen and oxygen atoms in total. The Labute approximate surface area is 138 Å². The SMILES string of the molecule is Cl.c1cnc2ccc(CN3CCC4(CCNCC4)C3)cc2c1. The molecule has 22 heavy (non-hydrogen) atoms. The lowest BCUT2D eigenvalue weighted by molar-refractivity contribution is 0.194. The van der Waals surface area contributed by atoms with E-state index < -0.39 is 0 Å². The molecule has 0 amide bonds. The number of hydrogen-bond acceptors (Lipinski definition) is 3. The highest BCUT2D eigenvalue weighted by molar-refractivity contribution is 5.85. The molecule has 0 radical (unpaired) electrons. The normalized spacial score (nSPS) is 21.1. The maximum atomic E-state index is 4.40. The first-order valence-electron chi connectivity index (χ1n) is 8.10. The number of rotatable bonds is 2. The molecule has 2 aliphatic rings. The maximum Gasteiger partial charge on any atom is 0.0702 e. The van der Waals surface area contributed by atoms with Crippen molar-refractivity contribution in [2.45, 2.75) is 25.8 Å². The number of fused-ring (bicyclic) bond motifs is 1. The van der Waals surface area contributed by atoms with Gasteiger partial charge in [0.05, 0.1) is 5.52 Å². The molecule has 2 aromatic rings. The average molecular weight is 318 g/mol. The predicted octanol–water partition coefficient (Wildman–Crippen LogP) is 3.23. The first-order valence-corrected chi connectivity index (χ1v) is 8.10. The molecule has 0 atom stereocenters. The number of nitrogens with one attached hydrogen (secondary N) is 1. The fourth-order valence-corrected chi connectivity index (χ4v) is 4.01. The van der Waals surface area contributed by atoms with Crippen LogP contribution in [0.5, 0.6) is 0 Å². The van der Waals surface area contributed by atoms with Gasteiger partial charge < -0.3 is 5.32 Å². The van der Waals surface area contributed by atoms with Crippen molar-refractivity contribution < 1.29 is 0 Å². The van der Waals surface area contributed by atoms with Gasteiger partial charge in [-0.15, -0.1) is 12.4 Å². The van der Waals surface area contributed by atoms with Crippen LogP contribution < -0.4 is 5.32 Å². The van der Waals surface area contributed by atoms with Crippen LogP contribution in [0.25, 0.3) is 10.9 Å². The van der Waals surface area contributed by atoms with Crippen LogP contribution in [0.3, 0.4) is 0 Å². The molecule has 0 saturated carbocycles. The summed E-state index contributed by atoms with van der Waals surface area (Å²) in [5.74, 6) is 0. The number of likely N-dealkylation sites (tertiary alicyclic amines) is 1. The summed E-state index contributed by atoms with van der Waals surface area (Å²) in [6.45, 7) is 6.02. The molecule has 118 valence electrons. The molecule has 1 N–H and O–H groups in total. The van der Waals surface area contributed by atoms with E-state index in [1.165, 1.54) is 56.4 Å². The fraction of sp³-hybridized carbons (Fsp3) is 0.500. The third kappa shape index (κ3) is 3.12. The Morgan fingerprint density at radius 2 is 2.00 bits per heavy atom. The van der Waals surface area contributed by atoms with Gasteiger partial charge in [0.1, 0.15) is 0 Å². The van der Waals surface area contributed by atoms with Crippen LogP contribution in [0.15, 0.2) is 36.5 Å². The number of hydrogen-bond donors (Lipinski definition) is 1. The largest absolute Gasteiger partial charge is 0.317 e. The van der Waals surface area contributed by atoms with Crippen LogP contribution in [0.2, 0.25) is 0 Å². The first-order chi connectivity index (χ1) is 10.3. The summed E-state index contributed by atoms with van der Waals surface area (Å²) < 4.78 is 0. The van der Waals surface area contributed by atoms with Gasteiger partial charge in [-0.1, -0.05) is 12.1 Å². The van der Waals surface area contributed by atoms with Gasteiger partial charge >= 0.3 is 0 Å². The maximum absolute atomic E-state index is 4.40. The number of aromatic nitrogens is 1. The average Bonchev–Trinajstić information content (AvgIpc) is 2.90. The van der Waals surface area contributed by atoms with E-state index in [0.29, 0.717) is 5.41 Å². The smallest absolute Gasteiger partial charge is 0.0702 e. The molecule has 4 heteroatoms. The number of piperidine rings is 1. The fourth-order valence-electron chi connectivity index (χ4n) is 4.01. The molecule has 0 aliphatic carbocycles. The summed E-state index contributed by atoms with van der Waals surface area (Å²) in [5.41, 5.74) is 3.11. The minimum atomic E-state index is 0. The Kier molecular flexibility index (Phi) is 4.67. The van der Waals surface area contributed by atoms with Crippen LogP contribution in [0.1, 0.15) is 24.8 Å². The summed E-state index contributed by atoms with van der Waals surface area (Å²) in [6.07, 6.45) is 5.95. The van der Waals surface area contributed by atoms with E-state index in [4.69, 9.17) is 0 Å². The van der Waals surface area contributed by atoms with E-state index in [-0.39, 0.29) is 12.4 Å². The van der Waals surface area contributed by atoms with Crippen molar-refractivity contribution in [3.05, 3.63) is 42.1 Å². The molecule has 0 bridgehead atoms. The molecule has 1 spiro atoms. The van der Waals surface area contributed by atoms with Gasteiger partial charge in [0.2, 0.25) is 0 Å². The van der Waals surface area contributed by atoms with E-state index >= 15 is 0 Å². The standard InChI is InChI=1S/C18H23N3.ClH/c1-2-16-12-15(3-4-17(16)20-8-1)13-21-11-7-18(14-21)5-9-19-10-6-18;/h1-4,8,12,19H,5-7,9-11,13-14H2;1H. The van der Waals surface area contributed by atoms with E-state index in [1.54, 1.807) is 0 Å². The van der Waals surface area contributed by atoms with Crippen molar-refractivity contribution in [2.75, 3.05) is 26.2 Å². The Bertz CT molecular complexity index is 637. The van der Waals surface area contributed by atoms with Crippen LogP contribution in [-0.2, 0) is 6.54 Å². The van der Waals surface area contributed by atoms with Crippen LogP contribution in [0, 0.1) is 5.41 Å². The summed E-state index contributed by atoms with van der Waals surface area (Å²) in [7, 11) is 0. The molecular weight excluding hydrogens is 294 g/mol. The van der Waals surface area contributed by atoms with Gasteiger partial charge in [0.15, 0.2) is 0 Å². The predicted molar refractivity (Wildman–Crippen MR) is 93.4 cm³/mol. The minimum absolute atomic E-state index is 0. The van der Waals surface area contributed by atoms with E-state index in [0.717, 1.165) is 12.1 Å². The first kappa shape index (κ1) is 15.7. The van der Waals surface area contributed by atoms with Gasteiger partial charge in [-0.2, -0.15) is 0 Å². The van der Waals surface area contributed by atoms with E-state index in [2.05, 4.69) is 39.5 Å². The minimum Gasteiger partial charge on any atom is -0.317 e. The van der Waals surface area contributed by atoms with E-state index in [1.807, 2.05) is 12.3 Å². The third-order valence-corrected chi connectivity index (χ3v) is 5.26. The lowest BCUT2D eigenvalue weighted by Gasteiger charge is -2.34. The number of pyridine rings is 1. The molecule has 0 unspecified atom stereocenters. The van der Waals surface area contributed by atoms with Crippen LogP contribution in [-0.4, -0.2) is 36.1 Å². The molecule has 1 aromatic heterocycles. The Balaban J connectivity index is 0.00000144. The molecule has 2 aliphatic heterocycles. The molecule has 1 aromatic carbocycles. The van der Waals surface area contributed by atoms with Gasteiger partial charge in [0, 0.05) is 24.7 Å². The summed E-state index contributed by atoms with van der Waals surface area (Å²) in [5, 5.41) is 4.75. The van der Waals surface area contributed by atoms with Crippen molar-refractivity contribution >= 4 is 23.3 Å². The van der Waals surface area contributed by atoms with Crippen molar-refractivity contribution in [3.63, 3.8) is 0 Å². The molecular formula is C18H24ClN3. The van der Waals surface area contributed by atoms with Gasteiger partial charge in [-0.25, -0.2) is 0 Å². The van der Waals surface area contributed by atoms with Crippen molar-refractivity contribution in [2.24, 2.45) is 5.41 Å². The Morgan fingerprint density at radius 3 is 2.86 bits per heavy atom.